The summed E-state index contributed by atoms with van der Waals surface area (Å²) in [4.78, 5) is 12.3. The standard InChI is InChI=1S/C14H9Cl2FN2OS/c15-8-2-1-3-10(17)12(8)14(20)19-11-5-4-7(13(18)21)6-9(11)16/h1-6H,(H2,18,21)(H,19,20). The van der Waals surface area contributed by atoms with Gasteiger partial charge in [-0.3, -0.25) is 4.79 Å². The van der Waals surface area contributed by atoms with Crippen molar-refractivity contribution in [3.63, 3.8) is 0 Å². The van der Waals surface area contributed by atoms with E-state index in [0.29, 0.717) is 11.3 Å². The lowest BCUT2D eigenvalue weighted by Crippen LogP contribution is -2.15. The second kappa shape index (κ2) is 6.39. The van der Waals surface area contributed by atoms with Gasteiger partial charge in [-0.05, 0) is 30.3 Å². The molecule has 0 bridgehead atoms. The predicted molar refractivity (Wildman–Crippen MR) is 86.7 cm³/mol. The molecule has 0 radical (unpaired) electrons. The van der Waals surface area contributed by atoms with Gasteiger partial charge in [0.15, 0.2) is 0 Å². The van der Waals surface area contributed by atoms with Crippen molar-refractivity contribution in [1.29, 1.82) is 0 Å². The minimum absolute atomic E-state index is 0.0170. The van der Waals surface area contributed by atoms with Crippen molar-refractivity contribution in [2.75, 3.05) is 5.32 Å². The number of anilines is 1. The SMILES string of the molecule is NC(=S)c1ccc(NC(=O)c2c(F)cccc2Cl)c(Cl)c1. The fourth-order valence-corrected chi connectivity index (χ4v) is 2.27. The lowest BCUT2D eigenvalue weighted by atomic mass is 10.1. The Morgan fingerprint density at radius 1 is 1.19 bits per heavy atom. The van der Waals surface area contributed by atoms with Crippen LogP contribution in [0.15, 0.2) is 36.4 Å². The van der Waals surface area contributed by atoms with Crippen molar-refractivity contribution in [1.82, 2.24) is 0 Å². The summed E-state index contributed by atoms with van der Waals surface area (Å²) in [6.45, 7) is 0. The third-order valence-electron chi connectivity index (χ3n) is 2.69. The van der Waals surface area contributed by atoms with Crippen LogP contribution in [0.4, 0.5) is 10.1 Å². The highest BCUT2D eigenvalue weighted by molar-refractivity contribution is 7.80. The molecule has 0 unspecified atom stereocenters. The minimum atomic E-state index is -0.712. The molecule has 0 fully saturated rings. The lowest BCUT2D eigenvalue weighted by Gasteiger charge is -2.10. The van der Waals surface area contributed by atoms with Gasteiger partial charge in [-0.25, -0.2) is 4.39 Å². The largest absolute Gasteiger partial charge is 0.389 e. The van der Waals surface area contributed by atoms with E-state index in [-0.39, 0.29) is 20.6 Å². The Morgan fingerprint density at radius 3 is 2.48 bits per heavy atom. The number of carbonyl (C=O) groups is 1. The minimum Gasteiger partial charge on any atom is -0.389 e. The lowest BCUT2D eigenvalue weighted by molar-refractivity contribution is 0.102. The van der Waals surface area contributed by atoms with Gasteiger partial charge in [0.25, 0.3) is 5.91 Å². The fraction of sp³-hybridized carbons (Fsp3) is 0. The van der Waals surface area contributed by atoms with Gasteiger partial charge in [-0.15, -0.1) is 0 Å². The van der Waals surface area contributed by atoms with E-state index in [9.17, 15) is 9.18 Å². The van der Waals surface area contributed by atoms with Gasteiger partial charge < -0.3 is 11.1 Å². The van der Waals surface area contributed by atoms with E-state index in [1.54, 1.807) is 6.07 Å². The number of thiocarbonyl (C=S) groups is 1. The summed E-state index contributed by atoms with van der Waals surface area (Å²) < 4.78 is 13.7. The zero-order chi connectivity index (χ0) is 15.6. The molecule has 3 nitrogen and oxygen atoms in total. The molecule has 0 heterocycles. The van der Waals surface area contributed by atoms with Crippen LogP contribution in [0.2, 0.25) is 10.0 Å². The second-order valence-corrected chi connectivity index (χ2v) is 5.36. The number of hydrogen-bond acceptors (Lipinski definition) is 2. The van der Waals surface area contributed by atoms with Gasteiger partial charge in [0, 0.05) is 5.56 Å². The highest BCUT2D eigenvalue weighted by Gasteiger charge is 2.17. The molecule has 2 rings (SSSR count). The third-order valence-corrected chi connectivity index (χ3v) is 3.56. The van der Waals surface area contributed by atoms with Gasteiger partial charge in [0.05, 0.1) is 21.3 Å². The van der Waals surface area contributed by atoms with Crippen LogP contribution in [0.3, 0.4) is 0 Å². The summed E-state index contributed by atoms with van der Waals surface area (Å²) >= 11 is 16.7. The van der Waals surface area contributed by atoms with E-state index in [1.165, 1.54) is 24.3 Å². The molecule has 3 N–H and O–H groups in total. The van der Waals surface area contributed by atoms with Crippen molar-refractivity contribution in [2.24, 2.45) is 5.73 Å². The van der Waals surface area contributed by atoms with Crippen molar-refractivity contribution in [3.8, 4) is 0 Å². The average molecular weight is 343 g/mol. The molecule has 0 aliphatic carbocycles. The molecule has 0 aliphatic heterocycles. The fourth-order valence-electron chi connectivity index (χ4n) is 1.67. The van der Waals surface area contributed by atoms with Crippen LogP contribution in [-0.4, -0.2) is 10.9 Å². The van der Waals surface area contributed by atoms with Crippen LogP contribution in [0.1, 0.15) is 15.9 Å². The molecule has 7 heteroatoms. The number of hydrogen-bond donors (Lipinski definition) is 2. The van der Waals surface area contributed by atoms with Crippen LogP contribution >= 0.6 is 35.4 Å². The smallest absolute Gasteiger partial charge is 0.260 e. The zero-order valence-electron chi connectivity index (χ0n) is 10.5. The molecule has 1 amide bonds. The number of amides is 1. The van der Waals surface area contributed by atoms with Crippen molar-refractivity contribution >= 4 is 52.0 Å². The van der Waals surface area contributed by atoms with E-state index in [0.717, 1.165) is 6.07 Å². The van der Waals surface area contributed by atoms with E-state index < -0.39 is 11.7 Å². The number of nitrogens with two attached hydrogens (primary N) is 1. The topological polar surface area (TPSA) is 55.1 Å². The Hall–Kier alpha value is -1.69. The number of rotatable bonds is 3. The summed E-state index contributed by atoms with van der Waals surface area (Å²) in [5.74, 6) is -1.40. The number of benzene rings is 2. The van der Waals surface area contributed by atoms with E-state index in [1.807, 2.05) is 0 Å². The molecule has 2 aromatic rings. The maximum atomic E-state index is 13.7. The monoisotopic (exact) mass is 342 g/mol. The zero-order valence-corrected chi connectivity index (χ0v) is 12.8. The normalized spacial score (nSPS) is 10.2. The van der Waals surface area contributed by atoms with Crippen LogP contribution in [0.25, 0.3) is 0 Å². The first-order valence-electron chi connectivity index (χ1n) is 5.75. The second-order valence-electron chi connectivity index (χ2n) is 4.11. The Balaban J connectivity index is 2.30. The maximum Gasteiger partial charge on any atom is 0.260 e. The van der Waals surface area contributed by atoms with Gasteiger partial charge >= 0.3 is 0 Å². The molecule has 0 atom stereocenters. The number of nitrogens with one attached hydrogen (secondary N) is 1. The Kier molecular flexibility index (Phi) is 4.77. The molecule has 0 saturated carbocycles. The van der Waals surface area contributed by atoms with Gasteiger partial charge in [-0.2, -0.15) is 0 Å². The molecular formula is C14H9Cl2FN2OS. The van der Waals surface area contributed by atoms with Crippen molar-refractivity contribution in [2.45, 2.75) is 0 Å². The summed E-state index contributed by atoms with van der Waals surface area (Å²) in [5.41, 5.74) is 6.11. The predicted octanol–water partition coefficient (Wildman–Crippen LogP) is 4.02. The van der Waals surface area contributed by atoms with Gasteiger partial charge in [0.2, 0.25) is 0 Å². The Morgan fingerprint density at radius 2 is 1.90 bits per heavy atom. The van der Waals surface area contributed by atoms with Crippen molar-refractivity contribution < 1.29 is 9.18 Å². The molecule has 21 heavy (non-hydrogen) atoms. The van der Waals surface area contributed by atoms with Crippen LogP contribution in [-0.2, 0) is 0 Å². The molecule has 0 spiro atoms. The van der Waals surface area contributed by atoms with Gasteiger partial charge in [0.1, 0.15) is 10.8 Å². The third kappa shape index (κ3) is 3.50. The van der Waals surface area contributed by atoms with E-state index in [4.69, 9.17) is 41.2 Å². The summed E-state index contributed by atoms with van der Waals surface area (Å²) in [5, 5.41) is 2.75. The average Bonchev–Trinajstić information content (AvgIpc) is 2.40. The number of halogens is 3. The summed E-state index contributed by atoms with van der Waals surface area (Å²) in [7, 11) is 0. The maximum absolute atomic E-state index is 13.7. The number of carbonyl (C=O) groups excluding carboxylic acids is 1. The molecule has 0 aromatic heterocycles. The van der Waals surface area contributed by atoms with Crippen LogP contribution in [0.5, 0.6) is 0 Å². The Bertz CT molecular complexity index is 717. The van der Waals surface area contributed by atoms with Crippen LogP contribution in [0, 0.1) is 5.82 Å². The highest BCUT2D eigenvalue weighted by atomic mass is 35.5. The molecule has 2 aromatic carbocycles. The molecule has 0 aliphatic rings. The molecule has 0 saturated heterocycles. The van der Waals surface area contributed by atoms with E-state index >= 15 is 0 Å². The first-order valence-corrected chi connectivity index (χ1v) is 6.91. The molecule has 108 valence electrons. The first-order chi connectivity index (χ1) is 9.90. The van der Waals surface area contributed by atoms with Crippen LogP contribution < -0.4 is 11.1 Å². The van der Waals surface area contributed by atoms with Gasteiger partial charge in [-0.1, -0.05) is 41.5 Å². The summed E-state index contributed by atoms with van der Waals surface area (Å²) in [6, 6.07) is 8.65. The van der Waals surface area contributed by atoms with Crippen molar-refractivity contribution in [3.05, 3.63) is 63.4 Å². The molecular weight excluding hydrogens is 334 g/mol. The first kappa shape index (κ1) is 15.7. The summed E-state index contributed by atoms with van der Waals surface area (Å²) in [6.07, 6.45) is 0. The Labute approximate surface area is 135 Å². The quantitative estimate of drug-likeness (QED) is 0.828. The van der Waals surface area contributed by atoms with E-state index in [2.05, 4.69) is 5.32 Å². The highest BCUT2D eigenvalue weighted by Crippen LogP contribution is 2.25.